The molecule has 0 N–H and O–H groups in total. The lowest BCUT2D eigenvalue weighted by Crippen LogP contribution is -2.20. The van der Waals surface area contributed by atoms with Crippen molar-refractivity contribution in [2.24, 2.45) is 4.99 Å². The second kappa shape index (κ2) is 6.74. The van der Waals surface area contributed by atoms with Crippen LogP contribution in [0.15, 0.2) is 17.1 Å². The Bertz CT molecular complexity index is 543. The normalized spacial score (nSPS) is 16.3. The molecule has 2 rings (SSSR count). The first kappa shape index (κ1) is 15.5. The summed E-state index contributed by atoms with van der Waals surface area (Å²) in [7, 11) is 4.85. The fourth-order valence-electron chi connectivity index (χ4n) is 3.11. The van der Waals surface area contributed by atoms with Crippen LogP contribution in [0.5, 0.6) is 11.5 Å². The Balaban J connectivity index is 2.63. The monoisotopic (exact) mass is 291 g/mol. The van der Waals surface area contributed by atoms with Crippen LogP contribution >= 0.6 is 0 Å². The number of methoxy groups -OCH3 is 3. The zero-order valence-corrected chi connectivity index (χ0v) is 12.8. The Morgan fingerprint density at radius 2 is 1.90 bits per heavy atom. The number of ether oxygens (including phenoxy) is 3. The Kier molecular flexibility index (Phi) is 4.99. The van der Waals surface area contributed by atoms with Gasteiger partial charge in [0.15, 0.2) is 11.5 Å². The minimum Gasteiger partial charge on any atom is -0.493 e. The molecule has 0 unspecified atom stereocenters. The minimum absolute atomic E-state index is 0.467. The van der Waals surface area contributed by atoms with E-state index in [9.17, 15) is 4.79 Å². The van der Waals surface area contributed by atoms with Gasteiger partial charge in [-0.3, -0.25) is 0 Å². The van der Waals surface area contributed by atoms with Gasteiger partial charge in [-0.05, 0) is 30.5 Å². The van der Waals surface area contributed by atoms with Crippen molar-refractivity contribution in [2.45, 2.75) is 37.8 Å². The van der Waals surface area contributed by atoms with E-state index in [0.29, 0.717) is 18.1 Å². The average Bonchev–Trinajstić information content (AvgIpc) is 2.96. The molecule has 0 spiro atoms. The quantitative estimate of drug-likeness (QED) is 0.597. The van der Waals surface area contributed by atoms with Gasteiger partial charge in [0, 0.05) is 12.7 Å². The van der Waals surface area contributed by atoms with Crippen molar-refractivity contribution >= 4 is 6.08 Å². The smallest absolute Gasteiger partial charge is 0.235 e. The van der Waals surface area contributed by atoms with Crippen molar-refractivity contribution in [1.82, 2.24) is 0 Å². The molecule has 1 aromatic carbocycles. The Labute approximate surface area is 124 Å². The topological polar surface area (TPSA) is 57.1 Å². The van der Waals surface area contributed by atoms with Crippen molar-refractivity contribution in [2.75, 3.05) is 21.3 Å². The lowest BCUT2D eigenvalue weighted by atomic mass is 9.86. The summed E-state index contributed by atoms with van der Waals surface area (Å²) >= 11 is 0. The molecular weight excluding hydrogens is 270 g/mol. The first-order chi connectivity index (χ1) is 10.2. The van der Waals surface area contributed by atoms with E-state index >= 15 is 0 Å². The van der Waals surface area contributed by atoms with Crippen LogP contribution in [-0.2, 0) is 21.7 Å². The molecule has 0 heterocycles. The van der Waals surface area contributed by atoms with Crippen LogP contribution in [0.4, 0.5) is 0 Å². The fourth-order valence-corrected chi connectivity index (χ4v) is 3.11. The lowest BCUT2D eigenvalue weighted by molar-refractivity contribution is 0.184. The molecule has 0 bridgehead atoms. The number of carbonyl (C=O) groups excluding carboxylic acids is 1. The summed E-state index contributed by atoms with van der Waals surface area (Å²) in [4.78, 5) is 15.0. The first-order valence-corrected chi connectivity index (χ1v) is 7.04. The average molecular weight is 291 g/mol. The van der Waals surface area contributed by atoms with Gasteiger partial charge in [-0.15, -0.1) is 0 Å². The van der Waals surface area contributed by atoms with Gasteiger partial charge in [-0.25, -0.2) is 4.79 Å². The van der Waals surface area contributed by atoms with E-state index in [0.717, 1.165) is 36.8 Å². The van der Waals surface area contributed by atoms with Crippen molar-refractivity contribution in [1.29, 1.82) is 0 Å². The van der Waals surface area contributed by atoms with E-state index < -0.39 is 5.54 Å². The molecule has 0 radical (unpaired) electrons. The highest BCUT2D eigenvalue weighted by molar-refractivity contribution is 5.54. The highest BCUT2D eigenvalue weighted by atomic mass is 16.5. The molecule has 1 saturated carbocycles. The molecule has 1 aliphatic rings. The molecule has 114 valence electrons. The summed E-state index contributed by atoms with van der Waals surface area (Å²) < 4.78 is 16.2. The van der Waals surface area contributed by atoms with Gasteiger partial charge in [0.2, 0.25) is 6.08 Å². The van der Waals surface area contributed by atoms with Gasteiger partial charge in [-0.1, -0.05) is 12.8 Å². The van der Waals surface area contributed by atoms with Crippen molar-refractivity contribution in [3.63, 3.8) is 0 Å². The molecule has 21 heavy (non-hydrogen) atoms. The predicted octanol–water partition coefficient (Wildman–Crippen LogP) is 2.96. The Hall–Kier alpha value is -1.84. The number of benzene rings is 1. The summed E-state index contributed by atoms with van der Waals surface area (Å²) in [6.07, 6.45) is 5.44. The van der Waals surface area contributed by atoms with Gasteiger partial charge in [0.1, 0.15) is 5.54 Å². The maximum absolute atomic E-state index is 10.9. The molecule has 0 aromatic heterocycles. The number of hydrogen-bond acceptors (Lipinski definition) is 5. The fraction of sp³-hybridized carbons (Fsp3) is 0.562. The van der Waals surface area contributed by atoms with Crippen LogP contribution in [-0.4, -0.2) is 27.4 Å². The van der Waals surface area contributed by atoms with E-state index in [-0.39, 0.29) is 0 Å². The molecule has 5 nitrogen and oxygen atoms in total. The standard InChI is InChI=1S/C16H21NO4/c1-19-10-12-8-13(15(21-3)14(9-12)20-2)16(17-11-18)6-4-5-7-16/h8-9H,4-7,10H2,1-3H3. The van der Waals surface area contributed by atoms with Gasteiger partial charge in [0.05, 0.1) is 20.8 Å². The highest BCUT2D eigenvalue weighted by Gasteiger charge is 2.39. The third kappa shape index (κ3) is 2.94. The van der Waals surface area contributed by atoms with Crippen molar-refractivity contribution in [3.8, 4) is 11.5 Å². The molecular formula is C16H21NO4. The van der Waals surface area contributed by atoms with Crippen LogP contribution in [0.2, 0.25) is 0 Å². The van der Waals surface area contributed by atoms with Crippen LogP contribution in [0, 0.1) is 0 Å². The summed E-state index contributed by atoms with van der Waals surface area (Å²) in [5.41, 5.74) is 1.30. The number of rotatable bonds is 6. The predicted molar refractivity (Wildman–Crippen MR) is 78.5 cm³/mol. The Morgan fingerprint density at radius 1 is 1.19 bits per heavy atom. The molecule has 1 fully saturated rings. The van der Waals surface area contributed by atoms with Gasteiger partial charge < -0.3 is 14.2 Å². The SMILES string of the molecule is COCc1cc(OC)c(OC)c(C2(N=C=O)CCCC2)c1. The lowest BCUT2D eigenvalue weighted by Gasteiger charge is -2.27. The van der Waals surface area contributed by atoms with E-state index in [4.69, 9.17) is 14.2 Å². The molecule has 5 heteroatoms. The third-order valence-corrected chi connectivity index (χ3v) is 4.04. The maximum Gasteiger partial charge on any atom is 0.235 e. The van der Waals surface area contributed by atoms with Gasteiger partial charge in [0.25, 0.3) is 0 Å². The molecule has 1 aliphatic carbocycles. The molecule has 0 atom stereocenters. The number of isocyanates is 1. The van der Waals surface area contributed by atoms with E-state index in [1.807, 2.05) is 12.1 Å². The van der Waals surface area contributed by atoms with Crippen LogP contribution in [0.25, 0.3) is 0 Å². The van der Waals surface area contributed by atoms with Crippen LogP contribution in [0.1, 0.15) is 36.8 Å². The molecule has 0 aliphatic heterocycles. The zero-order chi connectivity index (χ0) is 15.3. The van der Waals surface area contributed by atoms with Crippen molar-refractivity contribution in [3.05, 3.63) is 23.3 Å². The third-order valence-electron chi connectivity index (χ3n) is 4.04. The van der Waals surface area contributed by atoms with Gasteiger partial charge >= 0.3 is 0 Å². The molecule has 0 saturated heterocycles. The van der Waals surface area contributed by atoms with E-state index in [2.05, 4.69) is 4.99 Å². The van der Waals surface area contributed by atoms with Crippen molar-refractivity contribution < 1.29 is 19.0 Å². The largest absolute Gasteiger partial charge is 0.493 e. The summed E-state index contributed by atoms with van der Waals surface area (Å²) in [6, 6.07) is 3.89. The second-order valence-corrected chi connectivity index (χ2v) is 5.25. The number of nitrogens with zero attached hydrogens (tertiary/aromatic N) is 1. The van der Waals surface area contributed by atoms with E-state index in [1.165, 1.54) is 0 Å². The molecule has 1 aromatic rings. The van der Waals surface area contributed by atoms with Crippen LogP contribution < -0.4 is 9.47 Å². The number of aliphatic imine (C=N–C) groups is 1. The first-order valence-electron chi connectivity index (χ1n) is 7.04. The second-order valence-electron chi connectivity index (χ2n) is 5.25. The highest BCUT2D eigenvalue weighted by Crippen LogP contribution is 2.48. The number of hydrogen-bond donors (Lipinski definition) is 0. The summed E-state index contributed by atoms with van der Waals surface area (Å²) in [6.45, 7) is 0.467. The van der Waals surface area contributed by atoms with Gasteiger partial charge in [-0.2, -0.15) is 4.99 Å². The summed E-state index contributed by atoms with van der Waals surface area (Å²) in [5.74, 6) is 1.27. The summed E-state index contributed by atoms with van der Waals surface area (Å²) in [5, 5.41) is 0. The van der Waals surface area contributed by atoms with Crippen LogP contribution in [0.3, 0.4) is 0 Å². The molecule has 0 amide bonds. The van der Waals surface area contributed by atoms with E-state index in [1.54, 1.807) is 27.4 Å². The Morgan fingerprint density at radius 3 is 2.43 bits per heavy atom. The zero-order valence-electron chi connectivity index (χ0n) is 12.8. The minimum atomic E-state index is -0.551. The maximum atomic E-state index is 10.9.